The van der Waals surface area contributed by atoms with Gasteiger partial charge in [-0.25, -0.2) is 9.78 Å². The number of thiazole rings is 1. The number of aromatic nitrogens is 2. The number of phenols is 1. The zero-order valence-corrected chi connectivity index (χ0v) is 13.7. The number of hydrogen-bond acceptors (Lipinski definition) is 6. The fourth-order valence-electron chi connectivity index (χ4n) is 2.63. The Morgan fingerprint density at radius 3 is 3.00 bits per heavy atom. The number of benzene rings is 2. The van der Waals surface area contributed by atoms with E-state index in [4.69, 9.17) is 4.74 Å². The third-order valence-electron chi connectivity index (χ3n) is 3.79. The summed E-state index contributed by atoms with van der Waals surface area (Å²) in [6, 6.07) is 11.3. The Hall–Kier alpha value is -3.19. The molecule has 2 aromatic heterocycles. The lowest BCUT2D eigenvalue weighted by atomic mass is 10.0. The van der Waals surface area contributed by atoms with Gasteiger partial charge in [0.15, 0.2) is 4.96 Å². The zero-order valence-electron chi connectivity index (χ0n) is 12.9. The van der Waals surface area contributed by atoms with Gasteiger partial charge in [-0.1, -0.05) is 12.1 Å². The minimum atomic E-state index is -0.510. The molecule has 0 unspecified atom stereocenters. The highest BCUT2D eigenvalue weighted by Gasteiger charge is 2.13. The van der Waals surface area contributed by atoms with Crippen LogP contribution in [0.3, 0.4) is 0 Å². The molecule has 0 atom stereocenters. The second-order valence-electron chi connectivity index (χ2n) is 5.43. The Labute approximate surface area is 145 Å². The van der Waals surface area contributed by atoms with Crippen molar-refractivity contribution >= 4 is 33.0 Å². The van der Waals surface area contributed by atoms with Gasteiger partial charge in [0, 0.05) is 17.6 Å². The average molecular weight is 352 g/mol. The quantitative estimate of drug-likeness (QED) is 0.573. The molecule has 6 nitrogen and oxygen atoms in total. The van der Waals surface area contributed by atoms with E-state index in [0.29, 0.717) is 21.6 Å². The van der Waals surface area contributed by atoms with Gasteiger partial charge >= 0.3 is 5.97 Å². The minimum Gasteiger partial charge on any atom is -0.508 e. The molecule has 0 aliphatic carbocycles. The predicted molar refractivity (Wildman–Crippen MR) is 94.1 cm³/mol. The highest BCUT2D eigenvalue weighted by molar-refractivity contribution is 7.15. The van der Waals surface area contributed by atoms with E-state index in [0.717, 1.165) is 5.39 Å². The summed E-state index contributed by atoms with van der Waals surface area (Å²) in [7, 11) is 0. The third-order valence-corrected chi connectivity index (χ3v) is 4.55. The van der Waals surface area contributed by atoms with E-state index in [1.165, 1.54) is 27.9 Å². The Kier molecular flexibility index (Phi) is 3.70. The van der Waals surface area contributed by atoms with E-state index in [9.17, 15) is 14.7 Å². The molecule has 4 aromatic rings. The van der Waals surface area contributed by atoms with Crippen molar-refractivity contribution in [2.75, 3.05) is 0 Å². The number of nitrogens with zero attached hydrogens (tertiary/aromatic N) is 2. The molecule has 0 saturated heterocycles. The van der Waals surface area contributed by atoms with Gasteiger partial charge in [-0.2, -0.15) is 0 Å². The Morgan fingerprint density at radius 1 is 1.24 bits per heavy atom. The standard InChI is InChI=1S/C18H12N2O4S/c21-13-4-5-14-11(8-13)2-1-3-15(14)17(23)24-10-12-9-16(22)20-6-7-25-18(20)19-12/h1-9,21H,10H2. The minimum absolute atomic E-state index is 0.0864. The number of fused-ring (bicyclic) bond motifs is 2. The molecule has 0 radical (unpaired) electrons. The van der Waals surface area contributed by atoms with Crippen molar-refractivity contribution in [1.82, 2.24) is 9.38 Å². The largest absolute Gasteiger partial charge is 0.508 e. The molecule has 2 aromatic carbocycles. The van der Waals surface area contributed by atoms with Crippen LogP contribution in [0.4, 0.5) is 0 Å². The Balaban J connectivity index is 1.60. The van der Waals surface area contributed by atoms with Gasteiger partial charge in [0.2, 0.25) is 0 Å². The fraction of sp³-hybridized carbons (Fsp3) is 0.0556. The highest BCUT2D eigenvalue weighted by Crippen LogP contribution is 2.24. The van der Waals surface area contributed by atoms with Gasteiger partial charge < -0.3 is 9.84 Å². The molecule has 0 saturated carbocycles. The first-order valence-electron chi connectivity index (χ1n) is 7.46. The van der Waals surface area contributed by atoms with Crippen LogP contribution in [0.25, 0.3) is 15.7 Å². The molecular weight excluding hydrogens is 340 g/mol. The predicted octanol–water partition coefficient (Wildman–Crippen LogP) is 2.97. The fourth-order valence-corrected chi connectivity index (χ4v) is 3.37. The average Bonchev–Trinajstić information content (AvgIpc) is 3.08. The van der Waals surface area contributed by atoms with Crippen molar-refractivity contribution in [2.45, 2.75) is 6.61 Å². The molecule has 0 fully saturated rings. The van der Waals surface area contributed by atoms with Gasteiger partial charge in [-0.15, -0.1) is 11.3 Å². The second kappa shape index (κ2) is 6.03. The van der Waals surface area contributed by atoms with Crippen LogP contribution in [0.1, 0.15) is 16.1 Å². The molecule has 0 aliphatic heterocycles. The lowest BCUT2D eigenvalue weighted by Gasteiger charge is -2.08. The van der Waals surface area contributed by atoms with Crippen LogP contribution in [-0.4, -0.2) is 20.5 Å². The van der Waals surface area contributed by atoms with Gasteiger partial charge in [-0.05, 0) is 35.0 Å². The van der Waals surface area contributed by atoms with E-state index in [1.54, 1.807) is 41.9 Å². The highest BCUT2D eigenvalue weighted by atomic mass is 32.1. The smallest absolute Gasteiger partial charge is 0.339 e. The molecule has 0 amide bonds. The monoisotopic (exact) mass is 352 g/mol. The number of carbonyl (C=O) groups is 1. The van der Waals surface area contributed by atoms with Crippen LogP contribution < -0.4 is 5.56 Å². The summed E-state index contributed by atoms with van der Waals surface area (Å²) >= 11 is 1.34. The molecule has 2 heterocycles. The van der Waals surface area contributed by atoms with Crippen molar-refractivity contribution in [3.8, 4) is 5.75 Å². The van der Waals surface area contributed by atoms with E-state index in [1.807, 2.05) is 0 Å². The summed E-state index contributed by atoms with van der Waals surface area (Å²) in [6.45, 7) is -0.0864. The number of phenolic OH excluding ortho intramolecular Hbond substituents is 1. The first-order chi connectivity index (χ1) is 12.1. The van der Waals surface area contributed by atoms with E-state index < -0.39 is 5.97 Å². The molecule has 0 bridgehead atoms. The van der Waals surface area contributed by atoms with Gasteiger partial charge in [0.1, 0.15) is 12.4 Å². The van der Waals surface area contributed by atoms with Crippen LogP contribution in [0.2, 0.25) is 0 Å². The van der Waals surface area contributed by atoms with Crippen LogP contribution in [0.5, 0.6) is 5.75 Å². The van der Waals surface area contributed by atoms with Gasteiger partial charge in [0.25, 0.3) is 5.56 Å². The maximum Gasteiger partial charge on any atom is 0.339 e. The van der Waals surface area contributed by atoms with E-state index in [2.05, 4.69) is 4.98 Å². The van der Waals surface area contributed by atoms with Gasteiger partial charge in [-0.3, -0.25) is 9.20 Å². The summed E-state index contributed by atoms with van der Waals surface area (Å²) in [6.07, 6.45) is 1.65. The van der Waals surface area contributed by atoms with Crippen molar-refractivity contribution in [2.24, 2.45) is 0 Å². The van der Waals surface area contributed by atoms with Crippen LogP contribution >= 0.6 is 11.3 Å². The zero-order chi connectivity index (χ0) is 17.4. The Morgan fingerprint density at radius 2 is 2.12 bits per heavy atom. The summed E-state index contributed by atoms with van der Waals surface area (Å²) in [5.41, 5.74) is 0.586. The van der Waals surface area contributed by atoms with E-state index >= 15 is 0 Å². The third kappa shape index (κ3) is 2.85. The number of aromatic hydroxyl groups is 1. The topological polar surface area (TPSA) is 80.9 Å². The van der Waals surface area contributed by atoms with Crippen molar-refractivity contribution in [3.63, 3.8) is 0 Å². The molecule has 7 heteroatoms. The number of rotatable bonds is 3. The molecule has 1 N–H and O–H groups in total. The number of hydrogen-bond donors (Lipinski definition) is 1. The van der Waals surface area contributed by atoms with E-state index in [-0.39, 0.29) is 17.9 Å². The molecule has 0 spiro atoms. The maximum absolute atomic E-state index is 12.4. The summed E-state index contributed by atoms with van der Waals surface area (Å²) in [5.74, 6) is -0.378. The van der Waals surface area contributed by atoms with Crippen LogP contribution in [0.15, 0.2) is 58.8 Å². The Bertz CT molecular complexity index is 1160. The lowest BCUT2D eigenvalue weighted by molar-refractivity contribution is 0.0470. The van der Waals surface area contributed by atoms with Crippen molar-refractivity contribution in [3.05, 3.63) is 75.7 Å². The molecule has 25 heavy (non-hydrogen) atoms. The number of ether oxygens (including phenoxy) is 1. The summed E-state index contributed by atoms with van der Waals surface area (Å²) in [5, 5.41) is 12.7. The molecule has 124 valence electrons. The first-order valence-corrected chi connectivity index (χ1v) is 8.34. The van der Waals surface area contributed by atoms with Crippen LogP contribution in [0, 0.1) is 0 Å². The van der Waals surface area contributed by atoms with Crippen LogP contribution in [-0.2, 0) is 11.3 Å². The molecule has 4 rings (SSSR count). The summed E-state index contributed by atoms with van der Waals surface area (Å²) in [4.78, 5) is 29.2. The van der Waals surface area contributed by atoms with Crippen molar-refractivity contribution < 1.29 is 14.6 Å². The molecular formula is C18H12N2O4S. The number of esters is 1. The normalized spacial score (nSPS) is 11.0. The second-order valence-corrected chi connectivity index (χ2v) is 6.30. The molecule has 0 aliphatic rings. The first kappa shape index (κ1) is 15.3. The van der Waals surface area contributed by atoms with Gasteiger partial charge in [0.05, 0.1) is 11.3 Å². The maximum atomic E-state index is 12.4. The van der Waals surface area contributed by atoms with Crippen molar-refractivity contribution in [1.29, 1.82) is 0 Å². The SMILES string of the molecule is O=C(OCc1cc(=O)n2ccsc2n1)c1cccc2cc(O)ccc12. The lowest BCUT2D eigenvalue weighted by Crippen LogP contribution is -2.14. The number of carbonyl (C=O) groups excluding carboxylic acids is 1. The summed E-state index contributed by atoms with van der Waals surface area (Å²) < 4.78 is 6.76.